The maximum absolute atomic E-state index is 11.7. The monoisotopic (exact) mass is 410 g/mol. The van der Waals surface area contributed by atoms with E-state index in [0.717, 1.165) is 11.1 Å². The first-order valence-electron chi connectivity index (χ1n) is 9.16. The molecular weight excluding hydrogens is 388 g/mol. The van der Waals surface area contributed by atoms with Crippen molar-refractivity contribution in [3.63, 3.8) is 0 Å². The van der Waals surface area contributed by atoms with E-state index in [2.05, 4.69) is 25.6 Å². The Morgan fingerprint density at radius 3 is 2.50 bits per heavy atom. The van der Waals surface area contributed by atoms with E-state index < -0.39 is 4.92 Å². The molecule has 3 rings (SSSR count). The fourth-order valence-corrected chi connectivity index (χ4v) is 2.86. The number of benzene rings is 1. The highest BCUT2D eigenvalue weighted by Crippen LogP contribution is 2.31. The Balaban J connectivity index is 1.76. The van der Waals surface area contributed by atoms with Crippen molar-refractivity contribution in [3.8, 4) is 11.5 Å². The molecule has 0 aliphatic heterocycles. The second-order valence-electron chi connectivity index (χ2n) is 6.34. The molecule has 0 amide bonds. The van der Waals surface area contributed by atoms with Crippen LogP contribution in [0, 0.1) is 17.0 Å². The molecule has 0 fully saturated rings. The summed E-state index contributed by atoms with van der Waals surface area (Å²) in [5.74, 6) is 1.97. The first-order valence-corrected chi connectivity index (χ1v) is 9.16. The Kier molecular flexibility index (Phi) is 6.58. The minimum Gasteiger partial charge on any atom is -0.493 e. The van der Waals surface area contributed by atoms with E-state index in [1.54, 1.807) is 26.5 Å². The number of rotatable bonds is 9. The molecule has 0 aliphatic carbocycles. The number of hydrogen-bond acceptors (Lipinski definition) is 9. The summed E-state index contributed by atoms with van der Waals surface area (Å²) in [6.45, 7) is 2.28. The number of nitrogens with one attached hydrogen (secondary N) is 2. The van der Waals surface area contributed by atoms with Crippen molar-refractivity contribution in [2.45, 2.75) is 13.3 Å². The fraction of sp³-hybridized carbons (Fsp3) is 0.250. The Hall–Kier alpha value is -3.95. The van der Waals surface area contributed by atoms with Gasteiger partial charge in [-0.3, -0.25) is 10.1 Å². The Morgan fingerprint density at radius 1 is 1.03 bits per heavy atom. The maximum Gasteiger partial charge on any atom is 0.353 e. The Morgan fingerprint density at radius 2 is 1.80 bits per heavy atom. The Bertz CT molecular complexity index is 1040. The molecule has 0 saturated heterocycles. The van der Waals surface area contributed by atoms with Crippen LogP contribution in [0.25, 0.3) is 0 Å². The van der Waals surface area contributed by atoms with Crippen LogP contribution in [0.1, 0.15) is 11.1 Å². The average molecular weight is 410 g/mol. The van der Waals surface area contributed by atoms with Crippen LogP contribution in [-0.4, -0.2) is 40.6 Å². The first-order chi connectivity index (χ1) is 14.5. The zero-order chi connectivity index (χ0) is 21.5. The lowest BCUT2D eigenvalue weighted by atomic mass is 10.1. The van der Waals surface area contributed by atoms with E-state index in [4.69, 9.17) is 9.47 Å². The van der Waals surface area contributed by atoms with Gasteiger partial charge in [0, 0.05) is 12.7 Å². The number of anilines is 3. The molecule has 0 unspecified atom stereocenters. The summed E-state index contributed by atoms with van der Waals surface area (Å²) < 4.78 is 10.5. The highest BCUT2D eigenvalue weighted by atomic mass is 16.6. The van der Waals surface area contributed by atoms with Crippen molar-refractivity contribution in [3.05, 3.63) is 64.1 Å². The number of pyridine rings is 1. The third kappa shape index (κ3) is 4.72. The van der Waals surface area contributed by atoms with Crippen LogP contribution >= 0.6 is 0 Å². The Labute approximate surface area is 173 Å². The number of methoxy groups -OCH3 is 2. The first kappa shape index (κ1) is 20.8. The molecule has 30 heavy (non-hydrogen) atoms. The molecular formula is C20H22N6O4. The summed E-state index contributed by atoms with van der Waals surface area (Å²) in [4.78, 5) is 23.5. The second kappa shape index (κ2) is 9.50. The number of nitrogens with zero attached hydrogens (tertiary/aromatic N) is 4. The van der Waals surface area contributed by atoms with Crippen LogP contribution in [-0.2, 0) is 6.42 Å². The molecule has 2 aromatic heterocycles. The van der Waals surface area contributed by atoms with Gasteiger partial charge in [0.05, 0.1) is 19.1 Å². The zero-order valence-electron chi connectivity index (χ0n) is 16.9. The van der Waals surface area contributed by atoms with E-state index in [9.17, 15) is 10.1 Å². The third-order valence-electron chi connectivity index (χ3n) is 4.41. The van der Waals surface area contributed by atoms with Gasteiger partial charge in [-0.25, -0.2) is 15.0 Å². The summed E-state index contributed by atoms with van der Waals surface area (Å²) >= 11 is 0. The van der Waals surface area contributed by atoms with E-state index in [-0.39, 0.29) is 17.3 Å². The van der Waals surface area contributed by atoms with Gasteiger partial charge in [0.15, 0.2) is 11.5 Å². The highest BCUT2D eigenvalue weighted by Gasteiger charge is 2.23. The molecule has 10 nitrogen and oxygen atoms in total. The van der Waals surface area contributed by atoms with Gasteiger partial charge in [0.25, 0.3) is 0 Å². The molecule has 0 atom stereocenters. The van der Waals surface area contributed by atoms with Gasteiger partial charge in [0.1, 0.15) is 12.1 Å². The lowest BCUT2D eigenvalue weighted by Crippen LogP contribution is -2.11. The standard InChI is InChI=1S/C20H22N6O4/c1-13-5-4-9-21-18(13)25-20-17(26(27)28)19(23-12-24-20)22-10-8-14-6-7-15(29-2)16(11-14)30-3/h4-7,9,11-12H,8,10H2,1-3H3,(H2,21,22,23,24,25). The van der Waals surface area contributed by atoms with Crippen LogP contribution in [0.15, 0.2) is 42.9 Å². The molecule has 156 valence electrons. The number of hydrogen-bond donors (Lipinski definition) is 2. The van der Waals surface area contributed by atoms with Crippen LogP contribution < -0.4 is 20.1 Å². The number of nitro groups is 1. The van der Waals surface area contributed by atoms with Gasteiger partial charge in [-0.15, -0.1) is 0 Å². The molecule has 2 heterocycles. The maximum atomic E-state index is 11.7. The smallest absolute Gasteiger partial charge is 0.353 e. The third-order valence-corrected chi connectivity index (χ3v) is 4.41. The highest BCUT2D eigenvalue weighted by molar-refractivity contribution is 5.73. The van der Waals surface area contributed by atoms with Gasteiger partial charge < -0.3 is 20.1 Å². The minimum atomic E-state index is -0.515. The van der Waals surface area contributed by atoms with E-state index >= 15 is 0 Å². The molecule has 0 aliphatic rings. The van der Waals surface area contributed by atoms with Crippen molar-refractivity contribution in [1.29, 1.82) is 0 Å². The lowest BCUT2D eigenvalue weighted by Gasteiger charge is -2.12. The molecule has 0 saturated carbocycles. The fourth-order valence-electron chi connectivity index (χ4n) is 2.86. The van der Waals surface area contributed by atoms with E-state index in [1.165, 1.54) is 6.33 Å². The van der Waals surface area contributed by atoms with Crippen LogP contribution in [0.2, 0.25) is 0 Å². The summed E-state index contributed by atoms with van der Waals surface area (Å²) in [5.41, 5.74) is 1.59. The normalized spacial score (nSPS) is 10.4. The SMILES string of the molecule is COc1ccc(CCNc2ncnc(Nc3ncccc3C)c2[N+](=O)[O-])cc1OC. The van der Waals surface area contributed by atoms with Gasteiger partial charge in [-0.1, -0.05) is 12.1 Å². The topological polar surface area (TPSA) is 124 Å². The van der Waals surface area contributed by atoms with Crippen molar-refractivity contribution in [2.75, 3.05) is 31.4 Å². The second-order valence-corrected chi connectivity index (χ2v) is 6.34. The van der Waals surface area contributed by atoms with Gasteiger partial charge >= 0.3 is 5.69 Å². The minimum absolute atomic E-state index is 0.0745. The van der Waals surface area contributed by atoms with Gasteiger partial charge in [0.2, 0.25) is 11.6 Å². The predicted molar refractivity (Wildman–Crippen MR) is 113 cm³/mol. The molecule has 0 radical (unpaired) electrons. The molecule has 10 heteroatoms. The van der Waals surface area contributed by atoms with Gasteiger partial charge in [-0.05, 0) is 42.7 Å². The molecule has 2 N–H and O–H groups in total. The van der Waals surface area contributed by atoms with Crippen LogP contribution in [0.3, 0.4) is 0 Å². The molecule has 3 aromatic rings. The number of aromatic nitrogens is 3. The van der Waals surface area contributed by atoms with Crippen molar-refractivity contribution >= 4 is 23.1 Å². The summed E-state index contributed by atoms with van der Waals surface area (Å²) in [7, 11) is 3.15. The summed E-state index contributed by atoms with van der Waals surface area (Å²) in [6.07, 6.45) is 3.47. The van der Waals surface area contributed by atoms with Crippen LogP contribution in [0.4, 0.5) is 23.1 Å². The van der Waals surface area contributed by atoms with Crippen molar-refractivity contribution < 1.29 is 14.4 Å². The van der Waals surface area contributed by atoms with E-state index in [0.29, 0.717) is 30.3 Å². The number of ether oxygens (including phenoxy) is 2. The van der Waals surface area contributed by atoms with E-state index in [1.807, 2.05) is 31.2 Å². The largest absolute Gasteiger partial charge is 0.493 e. The summed E-state index contributed by atoms with van der Waals surface area (Å²) in [5, 5.41) is 17.6. The average Bonchev–Trinajstić information content (AvgIpc) is 2.75. The predicted octanol–water partition coefficient (Wildman–Crippen LogP) is 3.50. The molecule has 0 spiro atoms. The van der Waals surface area contributed by atoms with Gasteiger partial charge in [-0.2, -0.15) is 0 Å². The molecule has 1 aromatic carbocycles. The number of aryl methyl sites for hydroxylation is 1. The lowest BCUT2D eigenvalue weighted by molar-refractivity contribution is -0.383. The van der Waals surface area contributed by atoms with Crippen molar-refractivity contribution in [1.82, 2.24) is 15.0 Å². The van der Waals surface area contributed by atoms with Crippen LogP contribution in [0.5, 0.6) is 11.5 Å². The zero-order valence-corrected chi connectivity index (χ0v) is 16.9. The molecule has 0 bridgehead atoms. The van der Waals surface area contributed by atoms with Crippen molar-refractivity contribution in [2.24, 2.45) is 0 Å². The summed E-state index contributed by atoms with van der Waals surface area (Å²) in [6, 6.07) is 9.24. The quantitative estimate of drug-likeness (QED) is 0.403.